The van der Waals surface area contributed by atoms with Crippen LogP contribution in [0.2, 0.25) is 0 Å². The van der Waals surface area contributed by atoms with Gasteiger partial charge in [0.05, 0.1) is 5.60 Å². The number of amides is 1. The molecule has 27 heavy (non-hydrogen) atoms. The van der Waals surface area contributed by atoms with Gasteiger partial charge in [-0.05, 0) is 71.3 Å². The number of aryl methyl sites for hydroxylation is 1. The SMILES string of the molecule is CN1CCN(C)C2(CCN(C(=O)c3cccc(CCC(C)(C)O)c3)CC2)C1. The van der Waals surface area contributed by atoms with Gasteiger partial charge in [-0.2, -0.15) is 0 Å². The van der Waals surface area contributed by atoms with E-state index in [1.165, 1.54) is 0 Å². The molecule has 2 aliphatic rings. The molecule has 1 amide bonds. The van der Waals surface area contributed by atoms with E-state index >= 15 is 0 Å². The molecule has 0 bridgehead atoms. The first-order chi connectivity index (χ1) is 12.7. The van der Waals surface area contributed by atoms with Crippen molar-refractivity contribution < 1.29 is 9.90 Å². The van der Waals surface area contributed by atoms with Gasteiger partial charge >= 0.3 is 0 Å². The zero-order valence-electron chi connectivity index (χ0n) is 17.4. The number of nitrogens with zero attached hydrogens (tertiary/aromatic N) is 3. The summed E-state index contributed by atoms with van der Waals surface area (Å²) in [5.41, 5.74) is 1.43. The van der Waals surface area contributed by atoms with Gasteiger partial charge in [0, 0.05) is 43.8 Å². The lowest BCUT2D eigenvalue weighted by Crippen LogP contribution is -2.64. The van der Waals surface area contributed by atoms with Crippen LogP contribution in [0.1, 0.15) is 49.0 Å². The Kier molecular flexibility index (Phi) is 5.94. The Labute approximate surface area is 163 Å². The normalized spacial score (nSPS) is 21.6. The van der Waals surface area contributed by atoms with Gasteiger partial charge in [-0.3, -0.25) is 9.69 Å². The summed E-state index contributed by atoms with van der Waals surface area (Å²) in [5, 5.41) is 9.94. The van der Waals surface area contributed by atoms with Gasteiger partial charge < -0.3 is 14.9 Å². The number of likely N-dealkylation sites (tertiary alicyclic amines) is 1. The second-order valence-electron chi connectivity index (χ2n) is 9.19. The first-order valence-electron chi connectivity index (χ1n) is 10.2. The zero-order chi connectivity index (χ0) is 19.7. The van der Waals surface area contributed by atoms with Crippen molar-refractivity contribution in [2.24, 2.45) is 0 Å². The van der Waals surface area contributed by atoms with Crippen molar-refractivity contribution >= 4 is 5.91 Å². The molecule has 1 N–H and O–H groups in total. The average molecular weight is 374 g/mol. The van der Waals surface area contributed by atoms with E-state index in [9.17, 15) is 9.90 Å². The summed E-state index contributed by atoms with van der Waals surface area (Å²) in [5.74, 6) is 0.141. The lowest BCUT2D eigenvalue weighted by Gasteiger charge is -2.52. The summed E-state index contributed by atoms with van der Waals surface area (Å²) >= 11 is 0. The van der Waals surface area contributed by atoms with E-state index in [-0.39, 0.29) is 11.4 Å². The van der Waals surface area contributed by atoms with Crippen molar-refractivity contribution in [3.8, 4) is 0 Å². The molecule has 0 aromatic heterocycles. The quantitative estimate of drug-likeness (QED) is 0.879. The summed E-state index contributed by atoms with van der Waals surface area (Å²) in [7, 11) is 4.43. The number of hydrogen-bond acceptors (Lipinski definition) is 4. The molecule has 150 valence electrons. The summed E-state index contributed by atoms with van der Waals surface area (Å²) in [6, 6.07) is 7.92. The minimum atomic E-state index is -0.680. The highest BCUT2D eigenvalue weighted by Gasteiger charge is 2.42. The van der Waals surface area contributed by atoms with E-state index in [1.807, 2.05) is 43.0 Å². The molecule has 1 aromatic carbocycles. The van der Waals surface area contributed by atoms with Crippen LogP contribution in [0.4, 0.5) is 0 Å². The second kappa shape index (κ2) is 7.90. The molecule has 2 aliphatic heterocycles. The van der Waals surface area contributed by atoms with E-state index < -0.39 is 5.60 Å². The van der Waals surface area contributed by atoms with Crippen LogP contribution >= 0.6 is 0 Å². The molecule has 5 nitrogen and oxygen atoms in total. The fourth-order valence-corrected chi connectivity index (χ4v) is 4.42. The lowest BCUT2D eigenvalue weighted by molar-refractivity contribution is -0.0157. The van der Waals surface area contributed by atoms with Gasteiger partial charge in [0.1, 0.15) is 0 Å². The fraction of sp³-hybridized carbons (Fsp3) is 0.682. The minimum absolute atomic E-state index is 0.141. The van der Waals surface area contributed by atoms with Gasteiger partial charge in [0.15, 0.2) is 0 Å². The van der Waals surface area contributed by atoms with E-state index in [2.05, 4.69) is 23.9 Å². The van der Waals surface area contributed by atoms with Crippen LogP contribution in [0.15, 0.2) is 24.3 Å². The molecule has 0 aliphatic carbocycles. The Morgan fingerprint density at radius 2 is 1.85 bits per heavy atom. The van der Waals surface area contributed by atoms with Gasteiger partial charge in [0.2, 0.25) is 0 Å². The molecule has 2 heterocycles. The van der Waals surface area contributed by atoms with Gasteiger partial charge in [-0.15, -0.1) is 0 Å². The maximum atomic E-state index is 13.0. The number of piperidine rings is 1. The van der Waals surface area contributed by atoms with Gasteiger partial charge in [0.25, 0.3) is 5.91 Å². The fourth-order valence-electron chi connectivity index (χ4n) is 4.42. The molecule has 3 rings (SSSR count). The second-order valence-corrected chi connectivity index (χ2v) is 9.19. The first-order valence-corrected chi connectivity index (χ1v) is 10.2. The summed E-state index contributed by atoms with van der Waals surface area (Å²) in [6.45, 7) is 8.62. The molecular formula is C22H35N3O2. The third kappa shape index (κ3) is 4.89. The molecular weight excluding hydrogens is 338 g/mol. The number of likely N-dealkylation sites (N-methyl/N-ethyl adjacent to an activating group) is 2. The first kappa shape index (κ1) is 20.3. The summed E-state index contributed by atoms with van der Waals surface area (Å²) in [6.07, 6.45) is 3.55. The molecule has 1 aromatic rings. The molecule has 2 fully saturated rings. The highest BCUT2D eigenvalue weighted by atomic mass is 16.3. The molecule has 2 saturated heterocycles. The van der Waals surface area contributed by atoms with Crippen molar-refractivity contribution in [2.75, 3.05) is 46.8 Å². The predicted octanol–water partition coefficient (Wildman–Crippen LogP) is 2.24. The van der Waals surface area contributed by atoms with Crippen molar-refractivity contribution in [1.29, 1.82) is 0 Å². The summed E-state index contributed by atoms with van der Waals surface area (Å²) in [4.78, 5) is 20.0. The number of hydrogen-bond donors (Lipinski definition) is 1. The van der Waals surface area contributed by atoms with E-state index in [1.54, 1.807) is 0 Å². The smallest absolute Gasteiger partial charge is 0.253 e. The lowest BCUT2D eigenvalue weighted by atomic mass is 9.83. The number of rotatable bonds is 4. The van der Waals surface area contributed by atoms with Crippen LogP contribution in [0.5, 0.6) is 0 Å². The topological polar surface area (TPSA) is 47.0 Å². The maximum absolute atomic E-state index is 13.0. The largest absolute Gasteiger partial charge is 0.390 e. The van der Waals surface area contributed by atoms with Crippen molar-refractivity contribution in [1.82, 2.24) is 14.7 Å². The van der Waals surface area contributed by atoms with Crippen LogP contribution in [0.25, 0.3) is 0 Å². The van der Waals surface area contributed by atoms with Crippen LogP contribution in [-0.2, 0) is 6.42 Å². The Bertz CT molecular complexity index is 660. The van der Waals surface area contributed by atoms with Crippen molar-refractivity contribution in [3.05, 3.63) is 35.4 Å². The molecule has 5 heteroatoms. The Balaban J connectivity index is 1.62. The Morgan fingerprint density at radius 3 is 2.52 bits per heavy atom. The van der Waals surface area contributed by atoms with E-state index in [0.29, 0.717) is 6.42 Å². The van der Waals surface area contributed by atoms with E-state index in [0.717, 1.165) is 63.1 Å². The maximum Gasteiger partial charge on any atom is 0.253 e. The Hall–Kier alpha value is -1.43. The number of carbonyl (C=O) groups excluding carboxylic acids is 1. The van der Waals surface area contributed by atoms with Gasteiger partial charge in [-0.25, -0.2) is 0 Å². The van der Waals surface area contributed by atoms with Gasteiger partial charge in [-0.1, -0.05) is 12.1 Å². The number of benzene rings is 1. The number of carbonyl (C=O) groups is 1. The standard InChI is InChI=1S/C22H35N3O2/c1-21(2,27)9-8-18-6-5-7-19(16-18)20(26)25-12-10-22(11-13-25)17-23(3)14-15-24(22)4/h5-7,16,27H,8-15,17H2,1-4H3. The van der Waals surface area contributed by atoms with Crippen LogP contribution < -0.4 is 0 Å². The van der Waals surface area contributed by atoms with Crippen LogP contribution in [0.3, 0.4) is 0 Å². The van der Waals surface area contributed by atoms with Crippen LogP contribution in [0, 0.1) is 0 Å². The van der Waals surface area contributed by atoms with Crippen molar-refractivity contribution in [3.63, 3.8) is 0 Å². The molecule has 0 unspecified atom stereocenters. The van der Waals surface area contributed by atoms with E-state index in [4.69, 9.17) is 0 Å². The molecule has 0 radical (unpaired) electrons. The number of piperazine rings is 1. The third-order valence-corrected chi connectivity index (χ3v) is 6.37. The molecule has 1 spiro atoms. The highest BCUT2D eigenvalue weighted by molar-refractivity contribution is 5.94. The van der Waals surface area contributed by atoms with Crippen LogP contribution in [-0.4, -0.2) is 83.7 Å². The zero-order valence-corrected chi connectivity index (χ0v) is 17.4. The minimum Gasteiger partial charge on any atom is -0.390 e. The highest BCUT2D eigenvalue weighted by Crippen LogP contribution is 2.31. The monoisotopic (exact) mass is 373 g/mol. The number of aliphatic hydroxyl groups is 1. The molecule has 0 atom stereocenters. The predicted molar refractivity (Wildman–Crippen MR) is 109 cm³/mol. The van der Waals surface area contributed by atoms with Crippen molar-refractivity contribution in [2.45, 2.75) is 50.7 Å². The third-order valence-electron chi connectivity index (χ3n) is 6.37. The summed E-state index contributed by atoms with van der Waals surface area (Å²) < 4.78 is 0. The average Bonchev–Trinajstić information content (AvgIpc) is 2.63. The molecule has 0 saturated carbocycles. The Morgan fingerprint density at radius 1 is 1.15 bits per heavy atom.